The van der Waals surface area contributed by atoms with Gasteiger partial charge in [-0.1, -0.05) is 6.92 Å². The van der Waals surface area contributed by atoms with Crippen LogP contribution in [0.4, 0.5) is 0 Å². The molecule has 2 nitrogen and oxygen atoms in total. The lowest BCUT2D eigenvalue weighted by Gasteiger charge is -2.18. The molecule has 1 saturated heterocycles. The van der Waals surface area contributed by atoms with Crippen molar-refractivity contribution >= 4 is 0 Å². The van der Waals surface area contributed by atoms with Crippen molar-refractivity contribution in [3.8, 4) is 0 Å². The van der Waals surface area contributed by atoms with Gasteiger partial charge in [-0.05, 0) is 38.9 Å². The molecule has 2 atom stereocenters. The maximum Gasteiger partial charge on any atom is 0.00794 e. The van der Waals surface area contributed by atoms with Crippen LogP contribution in [-0.4, -0.2) is 25.7 Å². The molecule has 60 valence electrons. The van der Waals surface area contributed by atoms with Crippen LogP contribution in [0.5, 0.6) is 0 Å². The molecule has 0 aromatic carbocycles. The molecule has 1 fully saturated rings. The predicted octanol–water partition coefficient (Wildman–Crippen LogP) is 0.594. The van der Waals surface area contributed by atoms with E-state index in [1.165, 1.54) is 19.5 Å². The average Bonchev–Trinajstić information content (AvgIpc) is 2.38. The van der Waals surface area contributed by atoms with Gasteiger partial charge in [0.1, 0.15) is 0 Å². The molecule has 2 heteroatoms. The molecule has 0 amide bonds. The maximum atomic E-state index is 3.45. The summed E-state index contributed by atoms with van der Waals surface area (Å²) in [5, 5.41) is 6.82. The van der Waals surface area contributed by atoms with E-state index in [0.29, 0.717) is 6.04 Å². The largest absolute Gasteiger partial charge is 0.316 e. The zero-order valence-corrected chi connectivity index (χ0v) is 6.98. The highest BCUT2D eigenvalue weighted by atomic mass is 15.0. The molecular weight excluding hydrogens is 124 g/mol. The Morgan fingerprint density at radius 1 is 1.70 bits per heavy atom. The highest BCUT2D eigenvalue weighted by Crippen LogP contribution is 2.11. The molecule has 0 saturated carbocycles. The topological polar surface area (TPSA) is 24.1 Å². The van der Waals surface area contributed by atoms with Crippen molar-refractivity contribution in [1.29, 1.82) is 0 Å². The summed E-state index contributed by atoms with van der Waals surface area (Å²) in [6, 6.07) is 0.694. The van der Waals surface area contributed by atoms with Crippen LogP contribution in [0, 0.1) is 5.92 Å². The van der Waals surface area contributed by atoms with E-state index in [9.17, 15) is 0 Å². The molecule has 0 aliphatic carbocycles. The molecule has 1 aliphatic heterocycles. The van der Waals surface area contributed by atoms with Gasteiger partial charge in [0.2, 0.25) is 0 Å². The van der Waals surface area contributed by atoms with E-state index in [-0.39, 0.29) is 0 Å². The van der Waals surface area contributed by atoms with E-state index in [0.717, 1.165) is 12.5 Å². The number of hydrogen-bond acceptors (Lipinski definition) is 2. The highest BCUT2D eigenvalue weighted by molar-refractivity contribution is 4.79. The molecule has 0 radical (unpaired) electrons. The van der Waals surface area contributed by atoms with E-state index in [1.54, 1.807) is 0 Å². The Morgan fingerprint density at radius 2 is 2.50 bits per heavy atom. The summed E-state index contributed by atoms with van der Waals surface area (Å²) < 4.78 is 0. The monoisotopic (exact) mass is 142 g/mol. The normalized spacial score (nSPS) is 28.8. The van der Waals surface area contributed by atoms with Crippen molar-refractivity contribution < 1.29 is 0 Å². The van der Waals surface area contributed by atoms with Gasteiger partial charge in [0.25, 0.3) is 0 Å². The first-order valence-corrected chi connectivity index (χ1v) is 4.28. The molecule has 0 aromatic rings. The third-order valence-corrected chi connectivity index (χ3v) is 2.33. The van der Waals surface area contributed by atoms with Crippen LogP contribution in [0.15, 0.2) is 0 Å². The lowest BCUT2D eigenvalue weighted by atomic mass is 10.0. The molecule has 1 rings (SSSR count). The van der Waals surface area contributed by atoms with E-state index >= 15 is 0 Å². The standard InChI is InChI=1S/C8H18N2/c1-3-10-7(2)8-4-5-9-6-8/h7-10H,3-6H2,1-2H3/t7-,8+/m1/s1. The number of nitrogens with one attached hydrogen (secondary N) is 2. The van der Waals surface area contributed by atoms with Crippen molar-refractivity contribution in [3.63, 3.8) is 0 Å². The summed E-state index contributed by atoms with van der Waals surface area (Å²) in [5.74, 6) is 0.861. The van der Waals surface area contributed by atoms with Crippen LogP contribution >= 0.6 is 0 Å². The third kappa shape index (κ3) is 1.96. The van der Waals surface area contributed by atoms with Crippen LogP contribution in [-0.2, 0) is 0 Å². The second-order valence-electron chi connectivity index (χ2n) is 3.10. The lowest BCUT2D eigenvalue weighted by Crippen LogP contribution is -2.34. The first-order valence-electron chi connectivity index (χ1n) is 4.28. The molecule has 1 aliphatic rings. The zero-order chi connectivity index (χ0) is 7.40. The summed E-state index contributed by atoms with van der Waals surface area (Å²) >= 11 is 0. The van der Waals surface area contributed by atoms with Gasteiger partial charge in [-0.2, -0.15) is 0 Å². The van der Waals surface area contributed by atoms with Gasteiger partial charge in [0.15, 0.2) is 0 Å². The maximum absolute atomic E-state index is 3.45. The first kappa shape index (κ1) is 8.02. The minimum absolute atomic E-state index is 0.694. The Morgan fingerprint density at radius 3 is 3.00 bits per heavy atom. The fourth-order valence-electron chi connectivity index (χ4n) is 1.59. The van der Waals surface area contributed by atoms with Crippen LogP contribution in [0.3, 0.4) is 0 Å². The van der Waals surface area contributed by atoms with Crippen molar-refractivity contribution in [2.75, 3.05) is 19.6 Å². The molecule has 0 bridgehead atoms. The molecule has 10 heavy (non-hydrogen) atoms. The zero-order valence-electron chi connectivity index (χ0n) is 6.98. The number of rotatable bonds is 3. The lowest BCUT2D eigenvalue weighted by molar-refractivity contribution is 0.408. The highest BCUT2D eigenvalue weighted by Gasteiger charge is 2.19. The summed E-state index contributed by atoms with van der Waals surface area (Å²) in [7, 11) is 0. The van der Waals surface area contributed by atoms with Gasteiger partial charge < -0.3 is 10.6 Å². The van der Waals surface area contributed by atoms with Gasteiger partial charge in [-0.15, -0.1) is 0 Å². The number of hydrogen-bond donors (Lipinski definition) is 2. The molecule has 1 heterocycles. The Hall–Kier alpha value is -0.0800. The van der Waals surface area contributed by atoms with Crippen molar-refractivity contribution in [3.05, 3.63) is 0 Å². The van der Waals surface area contributed by atoms with Gasteiger partial charge in [-0.3, -0.25) is 0 Å². The Balaban J connectivity index is 2.18. The summed E-state index contributed by atoms with van der Waals surface area (Å²) in [6.45, 7) is 7.95. The average molecular weight is 142 g/mol. The first-order chi connectivity index (χ1) is 4.84. The minimum atomic E-state index is 0.694. The molecular formula is C8H18N2. The third-order valence-electron chi connectivity index (χ3n) is 2.33. The second-order valence-corrected chi connectivity index (χ2v) is 3.10. The molecule has 0 spiro atoms. The smallest absolute Gasteiger partial charge is 0.00794 e. The SMILES string of the molecule is CCN[C@H](C)[C@H]1CCNC1. The van der Waals surface area contributed by atoms with Crippen molar-refractivity contribution in [2.45, 2.75) is 26.3 Å². The summed E-state index contributed by atoms with van der Waals surface area (Å²) in [6.07, 6.45) is 1.34. The van der Waals surface area contributed by atoms with Crippen molar-refractivity contribution in [1.82, 2.24) is 10.6 Å². The summed E-state index contributed by atoms with van der Waals surface area (Å²) in [5.41, 5.74) is 0. The van der Waals surface area contributed by atoms with E-state index in [4.69, 9.17) is 0 Å². The van der Waals surface area contributed by atoms with E-state index in [2.05, 4.69) is 24.5 Å². The van der Waals surface area contributed by atoms with Gasteiger partial charge >= 0.3 is 0 Å². The fourth-order valence-corrected chi connectivity index (χ4v) is 1.59. The molecule has 2 N–H and O–H groups in total. The Labute approximate surface area is 63.4 Å². The Bertz CT molecular complexity index is 87.3. The van der Waals surface area contributed by atoms with Gasteiger partial charge in [0, 0.05) is 6.04 Å². The van der Waals surface area contributed by atoms with Gasteiger partial charge in [0.05, 0.1) is 0 Å². The van der Waals surface area contributed by atoms with E-state index < -0.39 is 0 Å². The summed E-state index contributed by atoms with van der Waals surface area (Å²) in [4.78, 5) is 0. The van der Waals surface area contributed by atoms with Crippen molar-refractivity contribution in [2.24, 2.45) is 5.92 Å². The molecule has 0 unspecified atom stereocenters. The van der Waals surface area contributed by atoms with Crippen LogP contribution in [0.1, 0.15) is 20.3 Å². The van der Waals surface area contributed by atoms with Crippen LogP contribution < -0.4 is 10.6 Å². The van der Waals surface area contributed by atoms with Crippen LogP contribution in [0.2, 0.25) is 0 Å². The minimum Gasteiger partial charge on any atom is -0.316 e. The van der Waals surface area contributed by atoms with Gasteiger partial charge in [-0.25, -0.2) is 0 Å². The molecule has 0 aromatic heterocycles. The Kier molecular flexibility index (Phi) is 3.16. The van der Waals surface area contributed by atoms with E-state index in [1.807, 2.05) is 0 Å². The predicted molar refractivity (Wildman–Crippen MR) is 44.1 cm³/mol. The fraction of sp³-hybridized carbons (Fsp3) is 1.00. The second kappa shape index (κ2) is 3.94. The van der Waals surface area contributed by atoms with Crippen LogP contribution in [0.25, 0.3) is 0 Å². The quantitative estimate of drug-likeness (QED) is 0.603.